The Labute approximate surface area is 275 Å². The number of hydrogen-bond donors (Lipinski definition) is 1. The van der Waals surface area contributed by atoms with Crippen molar-refractivity contribution in [1.82, 2.24) is 9.97 Å². The largest absolute Gasteiger partial charge is 0.671 e. The summed E-state index contributed by atoms with van der Waals surface area (Å²) in [6.07, 6.45) is 3.35. The summed E-state index contributed by atoms with van der Waals surface area (Å²) >= 11 is -0.346. The Kier molecular flexibility index (Phi) is 11.6. The first-order chi connectivity index (χ1) is 21.7. The van der Waals surface area contributed by atoms with E-state index in [-0.39, 0.29) is 21.7 Å². The number of rotatable bonds is 5. The van der Waals surface area contributed by atoms with Gasteiger partial charge in [-0.05, 0) is 52.1 Å². The van der Waals surface area contributed by atoms with Crippen LogP contribution in [0.25, 0.3) is 38.4 Å². The number of nitrogens with zero attached hydrogens (tertiary/aromatic N) is 1. The third-order valence-electron chi connectivity index (χ3n) is 7.31. The molecule has 7 heteroatoms. The van der Waals surface area contributed by atoms with Gasteiger partial charge < -0.3 is 10.7 Å². The zero-order chi connectivity index (χ0) is 30.7. The van der Waals surface area contributed by atoms with Crippen molar-refractivity contribution in [2.45, 2.75) is 6.54 Å². The molecule has 0 bridgehead atoms. The number of imidazole rings is 1. The average molecular weight is 721 g/mol. The van der Waals surface area contributed by atoms with Gasteiger partial charge in [0.1, 0.15) is 10.6 Å². The third kappa shape index (κ3) is 7.41. The Morgan fingerprint density at radius 1 is 0.659 bits per heavy atom. The van der Waals surface area contributed by atoms with E-state index >= 15 is 0 Å². The molecule has 0 atom stereocenters. The van der Waals surface area contributed by atoms with E-state index < -0.39 is 7.92 Å². The second-order valence-corrected chi connectivity index (χ2v) is 15.0. The van der Waals surface area contributed by atoms with Crippen LogP contribution in [0.15, 0.2) is 146 Å². The third-order valence-corrected chi connectivity index (χ3v) is 10.1. The van der Waals surface area contributed by atoms with Crippen LogP contribution in [0.1, 0.15) is 11.4 Å². The average Bonchev–Trinajstić information content (AvgIpc) is 3.61. The monoisotopic (exact) mass is 720 g/mol. The van der Waals surface area contributed by atoms with Crippen LogP contribution in [0.5, 0.6) is 0 Å². The van der Waals surface area contributed by atoms with E-state index in [0.29, 0.717) is 0 Å². The van der Waals surface area contributed by atoms with Crippen molar-refractivity contribution in [2.24, 2.45) is 0 Å². The molecule has 1 aromatic heterocycles. The molecule has 0 aliphatic heterocycles. The number of aromatic nitrogens is 2. The molecule has 0 radical (unpaired) electrons. The number of H-pyrrole nitrogens is 1. The Morgan fingerprint density at radius 2 is 1.16 bits per heavy atom. The zero-order valence-electron chi connectivity index (χ0n) is 23.8. The number of halogens is 2. The summed E-state index contributed by atoms with van der Waals surface area (Å²) in [5, 5.41) is 9.24. The summed E-state index contributed by atoms with van der Waals surface area (Å²) in [5.41, 5.74) is 10.4. The van der Waals surface area contributed by atoms with Crippen LogP contribution in [-0.4, -0.2) is 9.97 Å². The van der Waals surface area contributed by atoms with Crippen molar-refractivity contribution >= 4 is 64.8 Å². The van der Waals surface area contributed by atoms with Gasteiger partial charge >= 0.3 is 34.5 Å². The summed E-state index contributed by atoms with van der Waals surface area (Å²) in [6, 6.07) is 48.5. The first kappa shape index (κ1) is 31.9. The van der Waals surface area contributed by atoms with Crippen molar-refractivity contribution in [3.05, 3.63) is 170 Å². The number of benzene rings is 6. The normalized spacial score (nSPS) is 10.6. The van der Waals surface area contributed by atoms with Crippen LogP contribution >= 0.6 is 27.3 Å². The van der Waals surface area contributed by atoms with Crippen molar-refractivity contribution in [3.8, 4) is 11.1 Å². The van der Waals surface area contributed by atoms with Crippen LogP contribution in [0.2, 0.25) is 0 Å². The standard InChI is InChI=1S/C33H24P.C4H6N3.2ClH.Ru/c1-24-20-21-25-12-8-10-18-29(25)32(24)33-30-19-11-9-13-26(30)22-23-31(33)34(27-14-4-2-5-15-27)28-16-6-3-7-17-28;5-3-4-6-1-2-7-4;;;/h2-23H,1H2;1-2,5H,3H2,(H,6,7);2*1H;/q2*-1;;;+4/p-1. The molecule has 0 amide bonds. The van der Waals surface area contributed by atoms with Crippen molar-refractivity contribution in [3.63, 3.8) is 0 Å². The second-order valence-electron chi connectivity index (χ2n) is 9.90. The first-order valence-corrected chi connectivity index (χ1v) is 20.0. The van der Waals surface area contributed by atoms with Gasteiger partial charge in [-0.2, -0.15) is 18.6 Å². The summed E-state index contributed by atoms with van der Waals surface area (Å²) in [7, 11) is 8.45. The predicted molar refractivity (Wildman–Crippen MR) is 190 cm³/mol. The number of hydrogen-bond acceptors (Lipinski definition) is 1. The van der Waals surface area contributed by atoms with Crippen molar-refractivity contribution in [1.29, 1.82) is 0 Å². The quantitative estimate of drug-likeness (QED) is 0.108. The van der Waals surface area contributed by atoms with Gasteiger partial charge in [-0.1, -0.05) is 103 Å². The molecule has 3 nitrogen and oxygen atoms in total. The minimum Gasteiger partial charge on any atom is -0.671 e. The van der Waals surface area contributed by atoms with Crippen LogP contribution in [0.3, 0.4) is 0 Å². The second kappa shape index (κ2) is 16.0. The van der Waals surface area contributed by atoms with Gasteiger partial charge in [0, 0.05) is 12.4 Å². The maximum absolute atomic E-state index is 6.77. The summed E-state index contributed by atoms with van der Waals surface area (Å²) in [4.78, 5) is 6.58. The molecule has 0 fully saturated rings. The summed E-state index contributed by atoms with van der Waals surface area (Å²) < 4.78 is 0. The fourth-order valence-corrected chi connectivity index (χ4v) is 8.21. The van der Waals surface area contributed by atoms with E-state index in [1.807, 2.05) is 0 Å². The van der Waals surface area contributed by atoms with Crippen LogP contribution in [-0.2, 0) is 21.7 Å². The van der Waals surface area contributed by atoms with Crippen LogP contribution in [0.4, 0.5) is 0 Å². The molecular formula is C37H31Cl2N3PRu+. The Morgan fingerprint density at radius 3 is 1.66 bits per heavy atom. The number of fused-ring (bicyclic) bond motifs is 2. The minimum absolute atomic E-state index is 0.243. The van der Waals surface area contributed by atoms with Crippen molar-refractivity contribution < 1.29 is 15.1 Å². The fraction of sp³-hybridized carbons (Fsp3) is 0.0270. The van der Waals surface area contributed by atoms with Gasteiger partial charge in [-0.25, -0.2) is 4.98 Å². The van der Waals surface area contributed by atoms with Gasteiger partial charge in [-0.15, -0.1) is 11.6 Å². The van der Waals surface area contributed by atoms with Gasteiger partial charge in [0.05, 0.1) is 19.1 Å². The van der Waals surface area contributed by atoms with Gasteiger partial charge in [-0.3, -0.25) is 0 Å². The molecule has 0 aliphatic carbocycles. The molecule has 7 aromatic rings. The first-order valence-electron chi connectivity index (χ1n) is 14.0. The van der Waals surface area contributed by atoms with E-state index in [1.165, 1.54) is 48.6 Å². The van der Waals surface area contributed by atoms with Gasteiger partial charge in [0.25, 0.3) is 0 Å². The van der Waals surface area contributed by atoms with Gasteiger partial charge in [0.2, 0.25) is 0 Å². The summed E-state index contributed by atoms with van der Waals surface area (Å²) in [5.74, 6) is 0.722. The number of nitrogens with one attached hydrogen (secondary N) is 2. The van der Waals surface area contributed by atoms with Crippen LogP contribution < -0.4 is 15.9 Å². The molecule has 6 aromatic carbocycles. The maximum atomic E-state index is 6.77. The van der Waals surface area contributed by atoms with E-state index in [4.69, 9.17) is 25.1 Å². The molecule has 0 spiro atoms. The molecule has 0 aliphatic rings. The molecule has 0 unspecified atom stereocenters. The smallest absolute Gasteiger partial charge is 0.0845 e. The molecule has 7 rings (SSSR count). The molecule has 1 heterocycles. The van der Waals surface area contributed by atoms with Crippen molar-refractivity contribution in [2.75, 3.05) is 0 Å². The molecular weight excluding hydrogens is 689 g/mol. The zero-order valence-corrected chi connectivity index (χ0v) is 28.1. The Hall–Kier alpha value is -3.49. The molecule has 0 saturated carbocycles. The number of aromatic amines is 1. The Bertz CT molecular complexity index is 1880. The van der Waals surface area contributed by atoms with Gasteiger partial charge in [0.15, 0.2) is 0 Å². The summed E-state index contributed by atoms with van der Waals surface area (Å²) in [6.45, 7) is 4.75. The Balaban J connectivity index is 0.000000331. The molecule has 0 saturated heterocycles. The maximum Gasteiger partial charge on any atom is 0.0845 e. The van der Waals surface area contributed by atoms with Crippen LogP contribution in [0, 0.1) is 6.92 Å². The van der Waals surface area contributed by atoms with E-state index in [9.17, 15) is 0 Å². The topological polar surface area (TPSA) is 52.5 Å². The predicted octanol–water partition coefficient (Wildman–Crippen LogP) is 9.67. The van der Waals surface area contributed by atoms with E-state index in [2.05, 4.69) is 150 Å². The molecule has 44 heavy (non-hydrogen) atoms. The molecule has 2 N–H and O–H groups in total. The van der Waals surface area contributed by atoms with E-state index in [0.717, 1.165) is 11.4 Å². The molecule has 220 valence electrons. The SMILES string of the molecule is [CH2-]c1ccc2ccccc2c1-c1c([PH+](c2ccccc2)c2ccccc2)ccc2ccccc12.[Cl][Ru+2][Cl].[NH-]Cc1ncc[nH]1. The van der Waals surface area contributed by atoms with E-state index in [1.54, 1.807) is 12.4 Å². The fourth-order valence-electron chi connectivity index (χ4n) is 5.44. The minimum atomic E-state index is -1.26.